The smallest absolute Gasteiger partial charge is 0.337 e. The molecule has 3 aromatic rings. The monoisotopic (exact) mass is 368 g/mol. The van der Waals surface area contributed by atoms with Gasteiger partial charge in [-0.25, -0.2) is 4.99 Å². The summed E-state index contributed by atoms with van der Waals surface area (Å²) in [7, 11) is 0. The first kappa shape index (κ1) is 18.4. The summed E-state index contributed by atoms with van der Waals surface area (Å²) in [4.78, 5) is 17.2. The topological polar surface area (TPSA) is 41.5 Å². The molecule has 0 aliphatic heterocycles. The normalized spacial score (nSPS) is 11.9. The number of Topliss-reactive ketones (excluding diaryl/α,β-unsaturated/α-hetero) is 1. The Bertz CT molecular complexity index is 952. The van der Waals surface area contributed by atoms with E-state index in [4.69, 9.17) is 0 Å². The van der Waals surface area contributed by atoms with Crippen LogP contribution in [0.2, 0.25) is 0 Å². The van der Waals surface area contributed by atoms with Crippen molar-refractivity contribution >= 4 is 23.0 Å². The molecule has 0 amide bonds. The molecule has 6 heteroatoms. The number of hydrogen-bond donors (Lipinski definition) is 1. The van der Waals surface area contributed by atoms with Gasteiger partial charge in [0.2, 0.25) is 5.78 Å². The summed E-state index contributed by atoms with van der Waals surface area (Å²) in [6.07, 6.45) is -4.53. The molecule has 0 aromatic heterocycles. The Morgan fingerprint density at radius 2 is 1.44 bits per heavy atom. The van der Waals surface area contributed by atoms with Gasteiger partial charge in [-0.2, -0.15) is 13.2 Å². The van der Waals surface area contributed by atoms with Crippen LogP contribution in [0.15, 0.2) is 89.9 Å². The Morgan fingerprint density at radius 1 is 0.815 bits per heavy atom. The molecule has 0 aliphatic carbocycles. The van der Waals surface area contributed by atoms with Gasteiger partial charge in [-0.05, 0) is 36.4 Å². The number of rotatable bonds is 4. The molecule has 0 atom stereocenters. The fourth-order valence-corrected chi connectivity index (χ4v) is 2.40. The van der Waals surface area contributed by atoms with Crippen LogP contribution in [-0.4, -0.2) is 11.6 Å². The number of amidine groups is 1. The third-order valence-corrected chi connectivity index (χ3v) is 3.70. The van der Waals surface area contributed by atoms with E-state index in [2.05, 4.69) is 10.3 Å². The highest BCUT2D eigenvalue weighted by atomic mass is 19.4. The van der Waals surface area contributed by atoms with Crippen LogP contribution in [0.5, 0.6) is 0 Å². The number of hydrogen-bond acceptors (Lipinski definition) is 2. The molecule has 0 bridgehead atoms. The van der Waals surface area contributed by atoms with E-state index in [1.165, 1.54) is 12.1 Å². The highest BCUT2D eigenvalue weighted by Crippen LogP contribution is 2.29. The van der Waals surface area contributed by atoms with Gasteiger partial charge in [-0.3, -0.25) is 4.79 Å². The number of anilines is 1. The predicted molar refractivity (Wildman–Crippen MR) is 99.4 cm³/mol. The summed E-state index contributed by atoms with van der Waals surface area (Å²) in [5.74, 6) is -0.694. The van der Waals surface area contributed by atoms with Crippen LogP contribution in [0.4, 0.5) is 24.5 Å². The van der Waals surface area contributed by atoms with Gasteiger partial charge in [-0.15, -0.1) is 0 Å². The van der Waals surface area contributed by atoms with Crippen LogP contribution in [0.25, 0.3) is 0 Å². The van der Waals surface area contributed by atoms with Gasteiger partial charge in [0.25, 0.3) is 0 Å². The lowest BCUT2D eigenvalue weighted by Crippen LogP contribution is -2.23. The molecule has 0 unspecified atom stereocenters. The Kier molecular flexibility index (Phi) is 5.35. The van der Waals surface area contributed by atoms with Crippen LogP contribution >= 0.6 is 0 Å². The summed E-state index contributed by atoms with van der Waals surface area (Å²) < 4.78 is 38.9. The van der Waals surface area contributed by atoms with E-state index < -0.39 is 17.5 Å². The van der Waals surface area contributed by atoms with Gasteiger partial charge < -0.3 is 5.32 Å². The Hall–Kier alpha value is -3.41. The van der Waals surface area contributed by atoms with Crippen molar-refractivity contribution in [3.63, 3.8) is 0 Å². The summed E-state index contributed by atoms with van der Waals surface area (Å²) >= 11 is 0. The third-order valence-electron chi connectivity index (χ3n) is 3.70. The molecule has 3 rings (SSSR count). The van der Waals surface area contributed by atoms with E-state index in [-0.39, 0.29) is 11.4 Å². The molecule has 0 radical (unpaired) electrons. The molecular weight excluding hydrogens is 353 g/mol. The Balaban J connectivity index is 2.00. The van der Waals surface area contributed by atoms with Crippen LogP contribution in [-0.2, 0) is 6.18 Å². The zero-order chi connectivity index (χ0) is 19.3. The van der Waals surface area contributed by atoms with Crippen molar-refractivity contribution in [2.45, 2.75) is 6.18 Å². The number of carbonyl (C=O) groups excluding carboxylic acids is 1. The standard InChI is InChI=1S/C21H15F3N2O/c22-21(23,24)16-9-7-8-15(14-16)19(27)20(25-17-10-3-1-4-11-17)26-18-12-5-2-6-13-18/h1-14H,(H,25,26). The maximum atomic E-state index is 13.0. The van der Waals surface area contributed by atoms with Gasteiger partial charge in [0.1, 0.15) is 0 Å². The van der Waals surface area contributed by atoms with Gasteiger partial charge in [0.15, 0.2) is 5.84 Å². The average Bonchev–Trinajstić information content (AvgIpc) is 2.68. The first-order chi connectivity index (χ1) is 12.9. The molecule has 27 heavy (non-hydrogen) atoms. The molecule has 0 saturated heterocycles. The molecular formula is C21H15F3N2O. The van der Waals surface area contributed by atoms with E-state index in [1.54, 1.807) is 54.6 Å². The number of nitrogens with zero attached hydrogens (tertiary/aromatic N) is 1. The van der Waals surface area contributed by atoms with Crippen LogP contribution in [0.3, 0.4) is 0 Å². The summed E-state index contributed by atoms with van der Waals surface area (Å²) in [5.41, 5.74) is 0.138. The maximum absolute atomic E-state index is 13.0. The van der Waals surface area contributed by atoms with Crippen molar-refractivity contribution < 1.29 is 18.0 Å². The number of halogens is 3. The minimum Gasteiger partial charge on any atom is -0.337 e. The molecule has 3 aromatic carbocycles. The lowest BCUT2D eigenvalue weighted by atomic mass is 10.1. The second-order valence-electron chi connectivity index (χ2n) is 5.69. The number of carbonyl (C=O) groups is 1. The van der Waals surface area contributed by atoms with E-state index in [9.17, 15) is 18.0 Å². The first-order valence-corrected chi connectivity index (χ1v) is 8.11. The highest BCUT2D eigenvalue weighted by Gasteiger charge is 2.31. The van der Waals surface area contributed by atoms with Gasteiger partial charge in [0.05, 0.1) is 11.3 Å². The fourth-order valence-electron chi connectivity index (χ4n) is 2.40. The molecule has 136 valence electrons. The highest BCUT2D eigenvalue weighted by molar-refractivity contribution is 6.49. The van der Waals surface area contributed by atoms with Crippen LogP contribution < -0.4 is 5.32 Å². The molecule has 1 N–H and O–H groups in total. The van der Waals surface area contributed by atoms with E-state index in [0.29, 0.717) is 11.4 Å². The van der Waals surface area contributed by atoms with Crippen LogP contribution in [0.1, 0.15) is 15.9 Å². The SMILES string of the molecule is O=C(C(=Nc1ccccc1)Nc1ccccc1)c1cccc(C(F)(F)F)c1. The fraction of sp³-hybridized carbons (Fsp3) is 0.0476. The minimum atomic E-state index is -4.53. The van der Waals surface area contributed by atoms with Crippen molar-refractivity contribution in [3.8, 4) is 0 Å². The number of benzene rings is 3. The molecule has 3 nitrogen and oxygen atoms in total. The lowest BCUT2D eigenvalue weighted by Gasteiger charge is -2.11. The average molecular weight is 368 g/mol. The van der Waals surface area contributed by atoms with Crippen LogP contribution in [0, 0.1) is 0 Å². The van der Waals surface area contributed by atoms with Crippen molar-refractivity contribution in [2.24, 2.45) is 4.99 Å². The van der Waals surface area contributed by atoms with E-state index in [1.807, 2.05) is 6.07 Å². The zero-order valence-electron chi connectivity index (χ0n) is 14.1. The predicted octanol–water partition coefficient (Wildman–Crippen LogP) is 5.73. The summed E-state index contributed by atoms with van der Waals surface area (Å²) in [6.45, 7) is 0. The van der Waals surface area contributed by atoms with Gasteiger partial charge in [0, 0.05) is 11.3 Å². The van der Waals surface area contributed by atoms with Crippen molar-refractivity contribution in [1.82, 2.24) is 0 Å². The van der Waals surface area contributed by atoms with Crippen molar-refractivity contribution in [3.05, 3.63) is 96.1 Å². The number of aliphatic imine (C=N–C) groups is 1. The lowest BCUT2D eigenvalue weighted by molar-refractivity contribution is -0.137. The Morgan fingerprint density at radius 3 is 2.07 bits per heavy atom. The number of nitrogens with one attached hydrogen (secondary N) is 1. The van der Waals surface area contributed by atoms with E-state index >= 15 is 0 Å². The number of para-hydroxylation sites is 2. The van der Waals surface area contributed by atoms with Gasteiger partial charge in [-0.1, -0.05) is 48.5 Å². The molecule has 0 aliphatic rings. The zero-order valence-corrected chi connectivity index (χ0v) is 14.1. The number of alkyl halides is 3. The molecule has 0 saturated carbocycles. The largest absolute Gasteiger partial charge is 0.416 e. The third kappa shape index (κ3) is 4.82. The second-order valence-corrected chi connectivity index (χ2v) is 5.69. The van der Waals surface area contributed by atoms with Gasteiger partial charge >= 0.3 is 6.18 Å². The molecule has 0 heterocycles. The maximum Gasteiger partial charge on any atom is 0.416 e. The van der Waals surface area contributed by atoms with Crippen molar-refractivity contribution in [1.29, 1.82) is 0 Å². The van der Waals surface area contributed by atoms with E-state index in [0.717, 1.165) is 12.1 Å². The van der Waals surface area contributed by atoms with Crippen molar-refractivity contribution in [2.75, 3.05) is 5.32 Å². The summed E-state index contributed by atoms with van der Waals surface area (Å²) in [5, 5.41) is 2.90. The summed E-state index contributed by atoms with van der Waals surface area (Å²) in [6, 6.07) is 21.9. The Labute approximate surface area is 154 Å². The first-order valence-electron chi connectivity index (χ1n) is 8.11. The molecule has 0 spiro atoms. The quantitative estimate of drug-likeness (QED) is 0.363. The minimum absolute atomic E-state index is 0.0632. The molecule has 0 fully saturated rings. The number of ketones is 1. The second kappa shape index (κ2) is 7.86.